The van der Waals surface area contributed by atoms with Gasteiger partial charge < -0.3 is 10.2 Å². The minimum atomic E-state index is -0.243. The van der Waals surface area contributed by atoms with Crippen LogP contribution in [0.25, 0.3) is 0 Å². The van der Waals surface area contributed by atoms with Gasteiger partial charge in [-0.25, -0.2) is 0 Å². The van der Waals surface area contributed by atoms with Gasteiger partial charge in [0.2, 0.25) is 11.8 Å². The van der Waals surface area contributed by atoms with Crippen molar-refractivity contribution < 1.29 is 9.59 Å². The van der Waals surface area contributed by atoms with Gasteiger partial charge in [0.1, 0.15) is 6.54 Å². The first-order valence-corrected chi connectivity index (χ1v) is 9.02. The normalized spacial score (nSPS) is 10.7. The summed E-state index contributed by atoms with van der Waals surface area (Å²) < 4.78 is 0. The van der Waals surface area contributed by atoms with E-state index < -0.39 is 0 Å². The summed E-state index contributed by atoms with van der Waals surface area (Å²) in [6.45, 7) is 9.39. The molecule has 5 heteroatoms. The second kappa shape index (κ2) is 8.37. The van der Waals surface area contributed by atoms with Crippen LogP contribution in [0.3, 0.4) is 0 Å². The number of aryl methyl sites for hydroxylation is 2. The number of hydrogen-bond acceptors (Lipinski definition) is 2. The van der Waals surface area contributed by atoms with Crippen molar-refractivity contribution in [2.45, 2.75) is 40.5 Å². The highest BCUT2D eigenvalue weighted by molar-refractivity contribution is 6.31. The first-order chi connectivity index (χ1) is 12.2. The minimum Gasteiger partial charge on any atom is -0.324 e. The zero-order valence-electron chi connectivity index (χ0n) is 15.9. The number of carbonyl (C=O) groups excluding carboxylic acids is 2. The molecule has 2 aromatic carbocycles. The Bertz CT molecular complexity index is 831. The molecule has 138 valence electrons. The van der Waals surface area contributed by atoms with Crippen LogP contribution in [0.2, 0.25) is 5.02 Å². The van der Waals surface area contributed by atoms with Crippen molar-refractivity contribution in [1.82, 2.24) is 0 Å². The number of nitrogens with one attached hydrogen (secondary N) is 1. The van der Waals surface area contributed by atoms with Crippen LogP contribution in [-0.2, 0) is 9.59 Å². The number of halogens is 1. The topological polar surface area (TPSA) is 49.4 Å². The average molecular weight is 373 g/mol. The molecule has 2 amide bonds. The predicted molar refractivity (Wildman–Crippen MR) is 108 cm³/mol. The number of rotatable bonds is 5. The lowest BCUT2D eigenvalue weighted by atomic mass is 9.98. The Morgan fingerprint density at radius 3 is 2.38 bits per heavy atom. The lowest BCUT2D eigenvalue weighted by Crippen LogP contribution is -2.37. The van der Waals surface area contributed by atoms with E-state index in [-0.39, 0.29) is 24.3 Å². The van der Waals surface area contributed by atoms with E-state index in [1.807, 2.05) is 38.1 Å². The highest BCUT2D eigenvalue weighted by atomic mass is 35.5. The van der Waals surface area contributed by atoms with Crippen LogP contribution >= 0.6 is 11.6 Å². The third-order valence-corrected chi connectivity index (χ3v) is 4.75. The Kier molecular flexibility index (Phi) is 6.43. The van der Waals surface area contributed by atoms with E-state index >= 15 is 0 Å². The number of amides is 2. The Morgan fingerprint density at radius 1 is 1.12 bits per heavy atom. The van der Waals surface area contributed by atoms with Crippen molar-refractivity contribution in [2.24, 2.45) is 0 Å². The largest absolute Gasteiger partial charge is 0.324 e. The van der Waals surface area contributed by atoms with Crippen LogP contribution in [0, 0.1) is 13.8 Å². The van der Waals surface area contributed by atoms with E-state index in [9.17, 15) is 9.59 Å². The first-order valence-electron chi connectivity index (χ1n) is 8.64. The molecule has 0 unspecified atom stereocenters. The molecule has 0 saturated carbocycles. The third-order valence-electron chi connectivity index (χ3n) is 4.34. The van der Waals surface area contributed by atoms with Gasteiger partial charge in [0.15, 0.2) is 0 Å². The highest BCUT2D eigenvalue weighted by Crippen LogP contribution is 2.28. The fourth-order valence-corrected chi connectivity index (χ4v) is 2.97. The van der Waals surface area contributed by atoms with Crippen LogP contribution < -0.4 is 10.2 Å². The van der Waals surface area contributed by atoms with E-state index in [1.165, 1.54) is 11.8 Å². The molecular formula is C21H25ClN2O2. The maximum absolute atomic E-state index is 12.6. The van der Waals surface area contributed by atoms with Crippen LogP contribution in [0.4, 0.5) is 11.4 Å². The summed E-state index contributed by atoms with van der Waals surface area (Å²) in [6, 6.07) is 11.3. The van der Waals surface area contributed by atoms with Gasteiger partial charge in [0.25, 0.3) is 0 Å². The average Bonchev–Trinajstić information content (AvgIpc) is 2.56. The Morgan fingerprint density at radius 2 is 1.81 bits per heavy atom. The number of hydrogen-bond donors (Lipinski definition) is 1. The maximum Gasteiger partial charge on any atom is 0.244 e. The summed E-state index contributed by atoms with van der Waals surface area (Å²) in [6.07, 6.45) is 0. The van der Waals surface area contributed by atoms with Crippen molar-refractivity contribution in [2.75, 3.05) is 16.8 Å². The second-order valence-corrected chi connectivity index (χ2v) is 7.19. The van der Waals surface area contributed by atoms with Gasteiger partial charge in [0.05, 0.1) is 0 Å². The van der Waals surface area contributed by atoms with Gasteiger partial charge in [-0.2, -0.15) is 0 Å². The molecule has 0 aliphatic rings. The predicted octanol–water partition coefficient (Wildman–Crippen LogP) is 5.07. The van der Waals surface area contributed by atoms with Crippen molar-refractivity contribution >= 4 is 34.8 Å². The molecule has 2 rings (SSSR count). The Balaban J connectivity index is 2.24. The quantitative estimate of drug-likeness (QED) is 0.796. The Labute approximate surface area is 160 Å². The van der Waals surface area contributed by atoms with Crippen LogP contribution in [0.1, 0.15) is 43.4 Å². The molecule has 0 aromatic heterocycles. The number of nitrogens with zero attached hydrogens (tertiary/aromatic N) is 1. The highest BCUT2D eigenvalue weighted by Gasteiger charge is 2.18. The number of para-hydroxylation sites is 1. The molecule has 0 bridgehead atoms. The molecule has 0 radical (unpaired) electrons. The summed E-state index contributed by atoms with van der Waals surface area (Å²) >= 11 is 6.17. The van der Waals surface area contributed by atoms with E-state index in [4.69, 9.17) is 11.6 Å². The zero-order valence-corrected chi connectivity index (χ0v) is 16.6. The van der Waals surface area contributed by atoms with Crippen molar-refractivity contribution in [3.05, 3.63) is 58.1 Å². The molecule has 0 atom stereocenters. The summed E-state index contributed by atoms with van der Waals surface area (Å²) in [7, 11) is 0. The smallest absolute Gasteiger partial charge is 0.244 e. The molecule has 1 N–H and O–H groups in total. The number of benzene rings is 2. The summed E-state index contributed by atoms with van der Waals surface area (Å²) in [5, 5.41) is 3.54. The lowest BCUT2D eigenvalue weighted by Gasteiger charge is -2.22. The van der Waals surface area contributed by atoms with Gasteiger partial charge >= 0.3 is 0 Å². The van der Waals surface area contributed by atoms with Crippen LogP contribution in [0.5, 0.6) is 0 Å². The molecular weight excluding hydrogens is 348 g/mol. The van der Waals surface area contributed by atoms with E-state index in [1.54, 1.807) is 12.1 Å². The summed E-state index contributed by atoms with van der Waals surface area (Å²) in [5.74, 6) is -0.174. The molecule has 0 aliphatic carbocycles. The Hall–Kier alpha value is -2.33. The van der Waals surface area contributed by atoms with Crippen molar-refractivity contribution in [3.8, 4) is 0 Å². The molecule has 0 fully saturated rings. The second-order valence-electron chi connectivity index (χ2n) is 6.78. The molecule has 0 saturated heterocycles. The van der Waals surface area contributed by atoms with Gasteiger partial charge in [-0.1, -0.05) is 49.7 Å². The molecule has 26 heavy (non-hydrogen) atoms. The van der Waals surface area contributed by atoms with E-state index in [2.05, 4.69) is 19.2 Å². The molecule has 0 aliphatic heterocycles. The van der Waals surface area contributed by atoms with Crippen molar-refractivity contribution in [1.29, 1.82) is 0 Å². The summed E-state index contributed by atoms with van der Waals surface area (Å²) in [4.78, 5) is 26.1. The minimum absolute atomic E-state index is 0.0689. The van der Waals surface area contributed by atoms with E-state index in [0.717, 1.165) is 22.4 Å². The molecule has 4 nitrogen and oxygen atoms in total. The lowest BCUT2D eigenvalue weighted by molar-refractivity contribution is -0.120. The molecule has 0 spiro atoms. The third kappa shape index (κ3) is 4.64. The van der Waals surface area contributed by atoms with E-state index in [0.29, 0.717) is 10.7 Å². The van der Waals surface area contributed by atoms with Crippen molar-refractivity contribution in [3.63, 3.8) is 0 Å². The monoisotopic (exact) mass is 372 g/mol. The zero-order chi connectivity index (χ0) is 19.4. The maximum atomic E-state index is 12.6. The number of anilines is 2. The van der Waals surface area contributed by atoms with Gasteiger partial charge in [0, 0.05) is 23.3 Å². The molecule has 0 heterocycles. The standard InChI is InChI=1S/C21H25ClN2O2/c1-13(2)18-8-6-7-15(4)21(18)23-20(26)12-24(16(5)25)17-10-9-14(3)19(22)11-17/h6-11,13H,12H2,1-5H3,(H,23,26). The van der Waals surface area contributed by atoms with Gasteiger partial charge in [-0.15, -0.1) is 0 Å². The van der Waals surface area contributed by atoms with Crippen LogP contribution in [-0.4, -0.2) is 18.4 Å². The fourth-order valence-electron chi connectivity index (χ4n) is 2.80. The molecule has 2 aromatic rings. The summed E-state index contributed by atoms with van der Waals surface area (Å²) in [5.41, 5.74) is 4.42. The number of carbonyl (C=O) groups is 2. The van der Waals surface area contributed by atoms with Crippen LogP contribution in [0.15, 0.2) is 36.4 Å². The van der Waals surface area contributed by atoms with Gasteiger partial charge in [-0.05, 0) is 48.6 Å². The van der Waals surface area contributed by atoms with Gasteiger partial charge in [-0.3, -0.25) is 9.59 Å². The SMILES string of the molecule is CC(=O)N(CC(=O)Nc1c(C)cccc1C(C)C)c1ccc(C)c(Cl)c1. The fraction of sp³-hybridized carbons (Fsp3) is 0.333. The first kappa shape index (κ1) is 20.0.